The highest BCUT2D eigenvalue weighted by Gasteiger charge is 2.46. The number of halogens is 1. The first kappa shape index (κ1) is 20.3. The lowest BCUT2D eigenvalue weighted by molar-refractivity contribution is -0.0435. The highest BCUT2D eigenvalue weighted by molar-refractivity contribution is 8.93. The Morgan fingerprint density at radius 1 is 1.32 bits per heavy atom. The molecule has 0 bridgehead atoms. The van der Waals surface area contributed by atoms with Crippen molar-refractivity contribution in [2.75, 3.05) is 18.2 Å². The zero-order valence-electron chi connectivity index (χ0n) is 14.1. The van der Waals surface area contributed by atoms with Crippen LogP contribution in [0.5, 0.6) is 0 Å². The summed E-state index contributed by atoms with van der Waals surface area (Å²) < 4.78 is 7.45. The Kier molecular flexibility index (Phi) is 6.28. The number of nitrogens with zero attached hydrogens (tertiary/aromatic N) is 4. The van der Waals surface area contributed by atoms with E-state index >= 15 is 0 Å². The highest BCUT2D eigenvalue weighted by Crippen LogP contribution is 2.35. The fourth-order valence-corrected chi connectivity index (χ4v) is 3.44. The van der Waals surface area contributed by atoms with E-state index in [2.05, 4.69) is 15.0 Å². The molecule has 25 heavy (non-hydrogen) atoms. The van der Waals surface area contributed by atoms with E-state index in [-0.39, 0.29) is 40.1 Å². The van der Waals surface area contributed by atoms with Gasteiger partial charge in [-0.25, -0.2) is 15.0 Å². The second-order valence-corrected chi connectivity index (χ2v) is 8.38. The Morgan fingerprint density at radius 2 is 2.00 bits per heavy atom. The van der Waals surface area contributed by atoms with Crippen LogP contribution in [0.25, 0.3) is 11.2 Å². The summed E-state index contributed by atoms with van der Waals surface area (Å²) in [5.74, 6) is 0.781. The minimum atomic E-state index is -1.16. The van der Waals surface area contributed by atoms with Crippen LogP contribution in [-0.4, -0.2) is 71.1 Å². The van der Waals surface area contributed by atoms with Gasteiger partial charge in [0.1, 0.15) is 24.4 Å². The summed E-state index contributed by atoms with van der Waals surface area (Å²) in [6.07, 6.45) is 1.58. The van der Waals surface area contributed by atoms with Gasteiger partial charge in [-0.3, -0.25) is 4.57 Å². The van der Waals surface area contributed by atoms with Gasteiger partial charge in [0.15, 0.2) is 23.2 Å². The summed E-state index contributed by atoms with van der Waals surface area (Å²) in [5, 5.41) is 30.8. The number of aliphatic hydroxyl groups excluding tert-OH is 3. The van der Waals surface area contributed by atoms with Gasteiger partial charge in [0.05, 0.1) is 18.6 Å². The summed E-state index contributed by atoms with van der Waals surface area (Å²) in [7, 11) is -0.234. The molecule has 1 saturated heterocycles. The average molecular weight is 437 g/mol. The molecule has 1 aliphatic heterocycles. The molecule has 11 heteroatoms. The van der Waals surface area contributed by atoms with Gasteiger partial charge in [0.2, 0.25) is 5.44 Å². The summed E-state index contributed by atoms with van der Waals surface area (Å²) in [4.78, 5) is 12.4. The zero-order chi connectivity index (χ0) is 17.6. The van der Waals surface area contributed by atoms with Crippen LogP contribution in [0, 0.1) is 6.92 Å². The molecule has 2 aromatic rings. The molecular weight excluding hydrogens is 414 g/mol. The Hall–Kier alpha value is -0.980. The Labute approximate surface area is 158 Å². The number of anilines is 1. The summed E-state index contributed by atoms with van der Waals surface area (Å²) in [6.45, 7) is 1.74. The van der Waals surface area contributed by atoms with E-state index in [1.54, 1.807) is 11.5 Å². The molecule has 1 fully saturated rings. The summed E-state index contributed by atoms with van der Waals surface area (Å²) >= 11 is 0. The fourth-order valence-electron chi connectivity index (χ4n) is 2.87. The number of nitrogens with two attached hydrogens (primary N) is 1. The molecule has 3 rings (SSSR count). The average Bonchev–Trinajstić information content (AvgIpc) is 2.99. The first-order valence-electron chi connectivity index (χ1n) is 7.52. The van der Waals surface area contributed by atoms with Crippen molar-refractivity contribution in [3.8, 4) is 0 Å². The van der Waals surface area contributed by atoms with Crippen LogP contribution >= 0.6 is 17.0 Å². The number of aliphatic hydroxyl groups is 3. The smallest absolute Gasteiger partial charge is 0.217 e. The quantitative estimate of drug-likeness (QED) is 0.470. The summed E-state index contributed by atoms with van der Waals surface area (Å²) in [5.41, 5.74) is 6.07. The number of rotatable bonds is 4. The second kappa shape index (κ2) is 7.72. The van der Waals surface area contributed by atoms with E-state index < -0.39 is 30.0 Å². The lowest BCUT2D eigenvalue weighted by Crippen LogP contribution is -2.35. The van der Waals surface area contributed by atoms with Gasteiger partial charge in [0, 0.05) is 17.3 Å². The van der Waals surface area contributed by atoms with Gasteiger partial charge in [-0.05, 0) is 6.92 Å². The minimum Gasteiger partial charge on any atom is -0.388 e. The van der Waals surface area contributed by atoms with Gasteiger partial charge >= 0.3 is 0 Å². The molecule has 0 amide bonds. The van der Waals surface area contributed by atoms with Gasteiger partial charge in [-0.15, -0.1) is 17.0 Å². The molecule has 0 radical (unpaired) electrons. The monoisotopic (exact) mass is 436 g/mol. The number of nitrogen functional groups attached to an aromatic ring is 1. The van der Waals surface area contributed by atoms with Crippen LogP contribution < -0.4 is 5.73 Å². The zero-order valence-corrected chi connectivity index (χ0v) is 16.6. The van der Waals surface area contributed by atoms with Crippen LogP contribution in [0.3, 0.4) is 0 Å². The minimum absolute atomic E-state index is 0. The van der Waals surface area contributed by atoms with Gasteiger partial charge in [-0.1, -0.05) is 0 Å². The topological polar surface area (TPSA) is 140 Å². The van der Waals surface area contributed by atoms with Gasteiger partial charge in [0.25, 0.3) is 0 Å². The molecule has 0 spiro atoms. The molecular formula is C14H23BrN5O4S+. The van der Waals surface area contributed by atoms with Crippen LogP contribution in [0.4, 0.5) is 5.82 Å². The van der Waals surface area contributed by atoms with Crippen molar-refractivity contribution in [3.05, 3.63) is 12.2 Å². The number of aryl methyl sites for hydroxylation is 1. The maximum atomic E-state index is 10.4. The molecule has 5 atom stereocenters. The van der Waals surface area contributed by atoms with Crippen molar-refractivity contribution >= 4 is 44.9 Å². The molecule has 0 aromatic carbocycles. The van der Waals surface area contributed by atoms with Crippen molar-refractivity contribution < 1.29 is 20.1 Å². The lowest BCUT2D eigenvalue weighted by atomic mass is 10.1. The maximum Gasteiger partial charge on any atom is 0.217 e. The van der Waals surface area contributed by atoms with E-state index in [1.807, 2.05) is 12.5 Å². The van der Waals surface area contributed by atoms with Crippen molar-refractivity contribution in [3.63, 3.8) is 0 Å². The number of hydrogen-bond acceptors (Lipinski definition) is 8. The van der Waals surface area contributed by atoms with E-state index in [0.717, 1.165) is 0 Å². The highest BCUT2D eigenvalue weighted by atomic mass is 79.9. The molecule has 0 saturated carbocycles. The number of ether oxygens (including phenoxy) is 1. The number of hydrogen-bond donors (Lipinski definition) is 4. The molecule has 3 heterocycles. The van der Waals surface area contributed by atoms with Crippen LogP contribution in [0.2, 0.25) is 0 Å². The molecule has 2 aromatic heterocycles. The van der Waals surface area contributed by atoms with Crippen LogP contribution in [0.1, 0.15) is 18.5 Å². The Morgan fingerprint density at radius 3 is 2.64 bits per heavy atom. The predicted molar refractivity (Wildman–Crippen MR) is 101 cm³/mol. The normalized spacial score (nSPS) is 27.6. The third-order valence-electron chi connectivity index (χ3n) is 4.25. The van der Waals surface area contributed by atoms with Crippen molar-refractivity contribution in [2.45, 2.75) is 43.3 Å². The fraction of sp³-hybridized carbons (Fsp3) is 0.643. The molecule has 9 nitrogen and oxygen atoms in total. The predicted octanol–water partition coefficient (Wildman–Crippen LogP) is -0.500. The van der Waals surface area contributed by atoms with E-state index in [4.69, 9.17) is 10.5 Å². The molecule has 140 valence electrons. The molecule has 1 unspecified atom stereocenters. The van der Waals surface area contributed by atoms with E-state index in [9.17, 15) is 15.3 Å². The number of fused-ring (bicyclic) bond motifs is 1. The number of aromatic nitrogens is 4. The van der Waals surface area contributed by atoms with Crippen LogP contribution in [0.15, 0.2) is 6.33 Å². The maximum absolute atomic E-state index is 10.4. The van der Waals surface area contributed by atoms with Crippen molar-refractivity contribution in [1.82, 2.24) is 19.5 Å². The molecule has 1 aliphatic rings. The third-order valence-corrected chi connectivity index (χ3v) is 5.53. The molecule has 5 N–H and O–H groups in total. The largest absolute Gasteiger partial charge is 0.388 e. The Bertz CT molecular complexity index is 745. The Balaban J connectivity index is 0.00000225. The van der Waals surface area contributed by atoms with E-state index in [1.165, 1.54) is 6.33 Å². The van der Waals surface area contributed by atoms with Crippen LogP contribution in [-0.2, 0) is 15.6 Å². The van der Waals surface area contributed by atoms with E-state index in [0.29, 0.717) is 17.0 Å². The first-order valence-corrected chi connectivity index (χ1v) is 9.62. The summed E-state index contributed by atoms with van der Waals surface area (Å²) in [6, 6.07) is 0. The number of imidazole rings is 1. The second-order valence-electron chi connectivity index (χ2n) is 6.08. The van der Waals surface area contributed by atoms with Crippen molar-refractivity contribution in [1.29, 1.82) is 0 Å². The standard InChI is InChI=1S/C14H22N5O4S.BrH/c1-6-18-9-12(15)16-5-17-13(9)19(6)14-11(22)10(21)7(23-14)4-8(20)24(2)3;/h5,7-8,10-11,14,20-22H,4H2,1-3H3,(H2,15,16,17);1H/q+1;/t7-,8?,10-,11-,14-;/m1./s1. The molecule has 0 aliphatic carbocycles. The van der Waals surface area contributed by atoms with Gasteiger partial charge < -0.3 is 25.8 Å². The van der Waals surface area contributed by atoms with Crippen molar-refractivity contribution in [2.24, 2.45) is 0 Å². The first-order chi connectivity index (χ1) is 11.3. The van der Waals surface area contributed by atoms with Gasteiger partial charge in [-0.2, -0.15) is 0 Å². The lowest BCUT2D eigenvalue weighted by Gasteiger charge is -2.18. The SMILES string of the molecule is Br.Cc1nc2c(N)ncnc2n1[C@@H]1O[C@H](CC(O)[S+](C)C)[C@@H](O)[C@H]1O. The third kappa shape index (κ3) is 3.62.